The maximum Gasteiger partial charge on any atom is 0.408 e. The summed E-state index contributed by atoms with van der Waals surface area (Å²) in [5, 5.41) is 5.82. The molecule has 2 saturated carbocycles. The zero-order chi connectivity index (χ0) is 25.6. The summed E-state index contributed by atoms with van der Waals surface area (Å²) >= 11 is 4.33. The third-order valence-electron chi connectivity index (χ3n) is 6.26. The Morgan fingerprint density at radius 3 is 2.37 bits per heavy atom. The summed E-state index contributed by atoms with van der Waals surface area (Å²) in [6.45, 7) is 5.26. The van der Waals surface area contributed by atoms with Crippen molar-refractivity contribution in [3.8, 4) is 12.3 Å². The van der Waals surface area contributed by atoms with Crippen molar-refractivity contribution in [3.63, 3.8) is 0 Å². The van der Waals surface area contributed by atoms with Crippen LogP contribution in [0.15, 0.2) is 24.3 Å². The van der Waals surface area contributed by atoms with Crippen LogP contribution < -0.4 is 10.6 Å². The number of carbonyl (C=O) groups excluding carboxylic acids is 3. The van der Waals surface area contributed by atoms with Crippen LogP contribution in [0.5, 0.6) is 0 Å². The minimum Gasteiger partial charge on any atom is -0.444 e. The number of amides is 3. The van der Waals surface area contributed by atoms with Gasteiger partial charge in [0.15, 0.2) is 0 Å². The van der Waals surface area contributed by atoms with E-state index in [-0.39, 0.29) is 29.7 Å². The Bertz CT molecular complexity index is 958. The predicted octanol–water partition coefficient (Wildman–Crippen LogP) is 3.97. The highest BCUT2D eigenvalue weighted by molar-refractivity contribution is 7.80. The average molecular weight is 500 g/mol. The standard InChI is InChI=1S/C27H37N3O4S/c1-5-18-11-9-10-14-21(18)23(24(31)28-19-12-7-6-8-13-19)30(20-15-16-20)25(32)22(17-35)29-26(33)34-27(2,3)4/h1,9-11,14,19-20,22-23,35H,6-8,12-13,15-17H2,2-4H3,(H,28,31)(H,29,33). The molecule has 0 aliphatic heterocycles. The molecule has 0 saturated heterocycles. The largest absolute Gasteiger partial charge is 0.444 e. The SMILES string of the molecule is C#Cc1ccccc1C(C(=O)NC1CCCCC1)N(C(=O)C(CS)NC(=O)OC(C)(C)C)C1CC1. The van der Waals surface area contributed by atoms with Crippen molar-refractivity contribution in [1.82, 2.24) is 15.5 Å². The fraction of sp³-hybridized carbons (Fsp3) is 0.593. The quantitative estimate of drug-likeness (QED) is 0.373. The number of thiol groups is 1. The van der Waals surface area contributed by atoms with Gasteiger partial charge in [-0.25, -0.2) is 4.79 Å². The lowest BCUT2D eigenvalue weighted by molar-refractivity contribution is -0.143. The van der Waals surface area contributed by atoms with E-state index in [9.17, 15) is 14.4 Å². The maximum absolute atomic E-state index is 13.8. The molecule has 2 N–H and O–H groups in total. The number of carbonyl (C=O) groups is 3. The molecule has 0 spiro atoms. The summed E-state index contributed by atoms with van der Waals surface area (Å²) in [6, 6.07) is 5.34. The van der Waals surface area contributed by atoms with Gasteiger partial charge in [-0.2, -0.15) is 12.6 Å². The number of rotatable bonds is 8. The van der Waals surface area contributed by atoms with E-state index in [2.05, 4.69) is 29.2 Å². The van der Waals surface area contributed by atoms with Gasteiger partial charge in [-0.15, -0.1) is 6.42 Å². The van der Waals surface area contributed by atoms with Crippen LogP contribution in [0.2, 0.25) is 0 Å². The van der Waals surface area contributed by atoms with Gasteiger partial charge in [-0.3, -0.25) is 9.59 Å². The maximum atomic E-state index is 13.8. The van der Waals surface area contributed by atoms with Crippen molar-refractivity contribution >= 4 is 30.5 Å². The minimum atomic E-state index is -0.947. The highest BCUT2D eigenvalue weighted by atomic mass is 32.1. The van der Waals surface area contributed by atoms with E-state index in [1.165, 1.54) is 6.42 Å². The summed E-state index contributed by atoms with van der Waals surface area (Å²) in [7, 11) is 0. The van der Waals surface area contributed by atoms with Gasteiger partial charge in [-0.05, 0) is 58.1 Å². The second-order valence-electron chi connectivity index (χ2n) is 10.3. The molecule has 2 atom stereocenters. The molecule has 1 aromatic carbocycles. The van der Waals surface area contributed by atoms with Crippen LogP contribution >= 0.6 is 12.6 Å². The molecule has 190 valence electrons. The van der Waals surface area contributed by atoms with Crippen molar-refractivity contribution in [2.24, 2.45) is 0 Å². The molecule has 1 aromatic rings. The second kappa shape index (κ2) is 11.9. The molecule has 8 heteroatoms. The van der Waals surface area contributed by atoms with Gasteiger partial charge in [0.1, 0.15) is 17.7 Å². The molecule has 2 fully saturated rings. The van der Waals surface area contributed by atoms with E-state index in [1.807, 2.05) is 12.1 Å². The number of terminal acetylenes is 1. The number of benzene rings is 1. The van der Waals surface area contributed by atoms with Gasteiger partial charge in [-0.1, -0.05) is 43.4 Å². The molecule has 0 aromatic heterocycles. The summed E-state index contributed by atoms with van der Waals surface area (Å²) in [5.74, 6) is 2.12. The number of nitrogens with zero attached hydrogens (tertiary/aromatic N) is 1. The summed E-state index contributed by atoms with van der Waals surface area (Å²) < 4.78 is 5.35. The predicted molar refractivity (Wildman–Crippen MR) is 139 cm³/mol. The molecular formula is C27H37N3O4S. The number of nitrogens with one attached hydrogen (secondary N) is 2. The van der Waals surface area contributed by atoms with Crippen LogP contribution in [0.1, 0.15) is 82.9 Å². The molecular weight excluding hydrogens is 462 g/mol. The lowest BCUT2D eigenvalue weighted by Gasteiger charge is -2.36. The van der Waals surface area contributed by atoms with Crippen LogP contribution in [0.3, 0.4) is 0 Å². The first kappa shape index (κ1) is 26.9. The van der Waals surface area contributed by atoms with E-state index >= 15 is 0 Å². The minimum absolute atomic E-state index is 0.0645. The Kier molecular flexibility index (Phi) is 9.12. The third-order valence-corrected chi connectivity index (χ3v) is 6.62. The van der Waals surface area contributed by atoms with Crippen molar-refractivity contribution in [2.45, 2.75) is 95.5 Å². The fourth-order valence-electron chi connectivity index (χ4n) is 4.50. The Labute approximate surface area is 214 Å². The Hall–Kier alpha value is -2.66. The lowest BCUT2D eigenvalue weighted by atomic mass is 9.93. The first-order valence-electron chi connectivity index (χ1n) is 12.4. The molecule has 0 radical (unpaired) electrons. The average Bonchev–Trinajstić information content (AvgIpc) is 3.65. The first-order chi connectivity index (χ1) is 16.6. The fourth-order valence-corrected chi connectivity index (χ4v) is 4.74. The van der Waals surface area contributed by atoms with Crippen LogP contribution in [0, 0.1) is 12.3 Å². The van der Waals surface area contributed by atoms with Crippen LogP contribution in [-0.4, -0.2) is 52.3 Å². The lowest BCUT2D eigenvalue weighted by Crippen LogP contribution is -2.55. The Balaban J connectivity index is 1.93. The molecule has 35 heavy (non-hydrogen) atoms. The van der Waals surface area contributed by atoms with E-state index in [1.54, 1.807) is 37.8 Å². The number of ether oxygens (including phenoxy) is 1. The monoisotopic (exact) mass is 499 g/mol. The van der Waals surface area contributed by atoms with Crippen LogP contribution in [-0.2, 0) is 14.3 Å². The normalized spacial score (nSPS) is 18.0. The summed E-state index contributed by atoms with van der Waals surface area (Å²) in [4.78, 5) is 41.7. The molecule has 3 rings (SSSR count). The van der Waals surface area contributed by atoms with E-state index in [0.717, 1.165) is 38.5 Å². The van der Waals surface area contributed by atoms with E-state index in [0.29, 0.717) is 11.1 Å². The van der Waals surface area contributed by atoms with Crippen molar-refractivity contribution in [2.75, 3.05) is 5.75 Å². The molecule has 2 unspecified atom stereocenters. The van der Waals surface area contributed by atoms with Gasteiger partial charge in [0.25, 0.3) is 0 Å². The zero-order valence-electron chi connectivity index (χ0n) is 20.9. The van der Waals surface area contributed by atoms with Gasteiger partial charge in [0.05, 0.1) is 0 Å². The highest BCUT2D eigenvalue weighted by Gasteiger charge is 2.44. The van der Waals surface area contributed by atoms with Gasteiger partial charge in [0.2, 0.25) is 11.8 Å². The van der Waals surface area contributed by atoms with Crippen molar-refractivity contribution < 1.29 is 19.1 Å². The highest BCUT2D eigenvalue weighted by Crippen LogP contribution is 2.37. The van der Waals surface area contributed by atoms with Crippen molar-refractivity contribution in [3.05, 3.63) is 35.4 Å². The molecule has 3 amide bonds. The van der Waals surface area contributed by atoms with Gasteiger partial charge < -0.3 is 20.3 Å². The summed E-state index contributed by atoms with van der Waals surface area (Å²) in [5.41, 5.74) is 0.467. The number of alkyl carbamates (subject to hydrolysis) is 1. The van der Waals surface area contributed by atoms with Crippen LogP contribution in [0.4, 0.5) is 4.79 Å². The molecule has 7 nitrogen and oxygen atoms in total. The Morgan fingerprint density at radius 2 is 1.80 bits per heavy atom. The third kappa shape index (κ3) is 7.41. The molecule has 0 bridgehead atoms. The van der Waals surface area contributed by atoms with Crippen LogP contribution in [0.25, 0.3) is 0 Å². The first-order valence-corrected chi connectivity index (χ1v) is 13.1. The van der Waals surface area contributed by atoms with Gasteiger partial charge in [0, 0.05) is 23.4 Å². The second-order valence-corrected chi connectivity index (χ2v) is 10.7. The topological polar surface area (TPSA) is 87.7 Å². The Morgan fingerprint density at radius 1 is 1.14 bits per heavy atom. The number of hydrogen-bond donors (Lipinski definition) is 3. The van der Waals surface area contributed by atoms with E-state index < -0.39 is 23.8 Å². The molecule has 2 aliphatic carbocycles. The number of hydrogen-bond acceptors (Lipinski definition) is 5. The smallest absolute Gasteiger partial charge is 0.408 e. The molecule has 0 heterocycles. The summed E-state index contributed by atoms with van der Waals surface area (Å²) in [6.07, 6.45) is 11.8. The zero-order valence-corrected chi connectivity index (χ0v) is 21.8. The van der Waals surface area contributed by atoms with Gasteiger partial charge >= 0.3 is 6.09 Å². The van der Waals surface area contributed by atoms with Crippen molar-refractivity contribution in [1.29, 1.82) is 0 Å². The van der Waals surface area contributed by atoms with E-state index in [4.69, 9.17) is 11.2 Å². The molecule has 2 aliphatic rings.